The van der Waals surface area contributed by atoms with E-state index in [-0.39, 0.29) is 11.9 Å². The van der Waals surface area contributed by atoms with E-state index in [2.05, 4.69) is 44.4 Å². The van der Waals surface area contributed by atoms with Crippen molar-refractivity contribution in [3.63, 3.8) is 0 Å². The number of aryl methyl sites for hydroxylation is 1. The lowest BCUT2D eigenvalue weighted by atomic mass is 10.1. The van der Waals surface area contributed by atoms with Crippen molar-refractivity contribution in [1.82, 2.24) is 5.32 Å². The summed E-state index contributed by atoms with van der Waals surface area (Å²) in [6, 6.07) is 5.87. The first-order valence-corrected chi connectivity index (χ1v) is 6.52. The van der Waals surface area contributed by atoms with Crippen LogP contribution in [0, 0.1) is 19.8 Å². The van der Waals surface area contributed by atoms with E-state index < -0.39 is 0 Å². The van der Waals surface area contributed by atoms with Crippen molar-refractivity contribution in [2.75, 3.05) is 11.9 Å². The van der Waals surface area contributed by atoms with Gasteiger partial charge in [0.25, 0.3) is 0 Å². The van der Waals surface area contributed by atoms with Crippen LogP contribution >= 0.6 is 0 Å². The summed E-state index contributed by atoms with van der Waals surface area (Å²) >= 11 is 0. The summed E-state index contributed by atoms with van der Waals surface area (Å²) in [5.74, 6) is 0.520. The Morgan fingerprint density at radius 3 is 2.50 bits per heavy atom. The van der Waals surface area contributed by atoms with E-state index in [0.717, 1.165) is 12.2 Å². The van der Waals surface area contributed by atoms with Crippen LogP contribution in [-0.2, 0) is 4.79 Å². The first-order chi connectivity index (χ1) is 8.41. The average molecular weight is 248 g/mol. The number of amides is 1. The van der Waals surface area contributed by atoms with Crippen molar-refractivity contribution in [2.24, 2.45) is 5.92 Å². The number of benzene rings is 1. The zero-order valence-electron chi connectivity index (χ0n) is 12.0. The summed E-state index contributed by atoms with van der Waals surface area (Å²) in [7, 11) is 0. The van der Waals surface area contributed by atoms with Crippen molar-refractivity contribution in [1.29, 1.82) is 0 Å². The number of nitrogens with one attached hydrogen (secondary N) is 2. The van der Waals surface area contributed by atoms with Crippen LogP contribution in [0.3, 0.4) is 0 Å². The van der Waals surface area contributed by atoms with Gasteiger partial charge in [-0.1, -0.05) is 26.0 Å². The van der Waals surface area contributed by atoms with Crippen molar-refractivity contribution in [3.05, 3.63) is 29.3 Å². The second-order valence-corrected chi connectivity index (χ2v) is 5.25. The molecule has 1 atom stereocenters. The predicted molar refractivity (Wildman–Crippen MR) is 76.8 cm³/mol. The summed E-state index contributed by atoms with van der Waals surface area (Å²) in [6.07, 6.45) is 0. The molecule has 0 heterocycles. The molecule has 100 valence electrons. The second kappa shape index (κ2) is 6.43. The summed E-state index contributed by atoms with van der Waals surface area (Å²) < 4.78 is 0. The maximum absolute atomic E-state index is 11.9. The van der Waals surface area contributed by atoms with Crippen LogP contribution in [0.4, 0.5) is 5.69 Å². The molecule has 3 nitrogen and oxygen atoms in total. The molecule has 1 rings (SSSR count). The summed E-state index contributed by atoms with van der Waals surface area (Å²) in [5.41, 5.74) is 3.46. The van der Waals surface area contributed by atoms with E-state index in [9.17, 15) is 4.79 Å². The maximum atomic E-state index is 11.9. The number of carbonyl (C=O) groups excluding carboxylic acids is 1. The monoisotopic (exact) mass is 248 g/mol. The van der Waals surface area contributed by atoms with Gasteiger partial charge in [-0.25, -0.2) is 0 Å². The highest BCUT2D eigenvalue weighted by molar-refractivity contribution is 5.84. The minimum Gasteiger partial charge on any atom is -0.374 e. The molecule has 0 aliphatic rings. The van der Waals surface area contributed by atoms with E-state index in [0.29, 0.717) is 5.92 Å². The molecule has 18 heavy (non-hydrogen) atoms. The lowest BCUT2D eigenvalue weighted by Gasteiger charge is -2.18. The lowest BCUT2D eigenvalue weighted by molar-refractivity contribution is -0.121. The summed E-state index contributed by atoms with van der Waals surface area (Å²) in [6.45, 7) is 10.9. The Morgan fingerprint density at radius 2 is 1.89 bits per heavy atom. The molecule has 3 heteroatoms. The molecule has 1 amide bonds. The molecule has 0 fully saturated rings. The Balaban J connectivity index is 2.61. The second-order valence-electron chi connectivity index (χ2n) is 5.25. The molecule has 0 aliphatic carbocycles. The molecule has 0 aromatic heterocycles. The normalized spacial score (nSPS) is 12.3. The molecule has 0 spiro atoms. The van der Waals surface area contributed by atoms with Crippen molar-refractivity contribution >= 4 is 11.6 Å². The fourth-order valence-corrected chi connectivity index (χ4v) is 1.66. The molecule has 0 bridgehead atoms. The van der Waals surface area contributed by atoms with E-state index in [1.165, 1.54) is 11.1 Å². The van der Waals surface area contributed by atoms with Gasteiger partial charge in [-0.3, -0.25) is 4.79 Å². The average Bonchev–Trinajstić information content (AvgIpc) is 2.31. The molecule has 1 unspecified atom stereocenters. The van der Waals surface area contributed by atoms with Crippen LogP contribution in [0.2, 0.25) is 0 Å². The van der Waals surface area contributed by atoms with Crippen LogP contribution in [0.5, 0.6) is 0 Å². The highest BCUT2D eigenvalue weighted by Gasteiger charge is 2.13. The van der Waals surface area contributed by atoms with Gasteiger partial charge in [-0.05, 0) is 43.9 Å². The Kier molecular flexibility index (Phi) is 5.20. The van der Waals surface area contributed by atoms with Gasteiger partial charge in [-0.2, -0.15) is 0 Å². The third kappa shape index (κ3) is 4.06. The van der Waals surface area contributed by atoms with Gasteiger partial charge in [0.1, 0.15) is 6.04 Å². The number of carbonyl (C=O) groups is 1. The first kappa shape index (κ1) is 14.6. The van der Waals surface area contributed by atoms with Gasteiger partial charge in [-0.15, -0.1) is 0 Å². The van der Waals surface area contributed by atoms with Gasteiger partial charge in [0, 0.05) is 12.2 Å². The molecule has 1 aromatic rings. The molecule has 2 N–H and O–H groups in total. The van der Waals surface area contributed by atoms with Crippen LogP contribution in [0.25, 0.3) is 0 Å². The highest BCUT2D eigenvalue weighted by atomic mass is 16.2. The van der Waals surface area contributed by atoms with Crippen LogP contribution in [0.1, 0.15) is 31.9 Å². The molecular formula is C15H24N2O. The first-order valence-electron chi connectivity index (χ1n) is 6.52. The Hall–Kier alpha value is -1.51. The summed E-state index contributed by atoms with van der Waals surface area (Å²) in [4.78, 5) is 11.9. The largest absolute Gasteiger partial charge is 0.374 e. The Morgan fingerprint density at radius 1 is 1.22 bits per heavy atom. The van der Waals surface area contributed by atoms with Crippen molar-refractivity contribution < 1.29 is 4.79 Å². The van der Waals surface area contributed by atoms with E-state index in [4.69, 9.17) is 0 Å². The smallest absolute Gasteiger partial charge is 0.242 e. The molecule has 0 aliphatic heterocycles. The predicted octanol–water partition coefficient (Wildman–Crippen LogP) is 2.88. The quantitative estimate of drug-likeness (QED) is 0.841. The van der Waals surface area contributed by atoms with E-state index >= 15 is 0 Å². The number of rotatable bonds is 5. The zero-order valence-corrected chi connectivity index (χ0v) is 12.0. The zero-order chi connectivity index (χ0) is 13.7. The van der Waals surface area contributed by atoms with Gasteiger partial charge in [0.15, 0.2) is 0 Å². The van der Waals surface area contributed by atoms with E-state index in [1.807, 2.05) is 19.1 Å². The fourth-order valence-electron chi connectivity index (χ4n) is 1.66. The van der Waals surface area contributed by atoms with Crippen LogP contribution < -0.4 is 10.6 Å². The number of anilines is 1. The molecular weight excluding hydrogens is 224 g/mol. The fraction of sp³-hybridized carbons (Fsp3) is 0.533. The number of hydrogen-bond donors (Lipinski definition) is 2. The van der Waals surface area contributed by atoms with Gasteiger partial charge in [0.05, 0.1) is 0 Å². The third-order valence-electron chi connectivity index (χ3n) is 3.05. The minimum absolute atomic E-state index is 0.0459. The third-order valence-corrected chi connectivity index (χ3v) is 3.05. The van der Waals surface area contributed by atoms with Crippen LogP contribution in [-0.4, -0.2) is 18.5 Å². The number of hydrogen-bond acceptors (Lipinski definition) is 2. The van der Waals surface area contributed by atoms with Crippen LogP contribution in [0.15, 0.2) is 18.2 Å². The maximum Gasteiger partial charge on any atom is 0.242 e. The molecule has 0 saturated heterocycles. The molecule has 0 radical (unpaired) electrons. The topological polar surface area (TPSA) is 41.1 Å². The molecule has 1 aromatic carbocycles. The van der Waals surface area contributed by atoms with Gasteiger partial charge >= 0.3 is 0 Å². The standard InChI is InChI=1S/C15H24N2O/c1-10(2)9-16-15(18)13(5)17-14-8-6-7-11(3)12(14)4/h6-8,10,13,17H,9H2,1-5H3,(H,16,18). The van der Waals surface area contributed by atoms with Gasteiger partial charge in [0.2, 0.25) is 5.91 Å². The SMILES string of the molecule is Cc1cccc(NC(C)C(=O)NCC(C)C)c1C. The summed E-state index contributed by atoms with van der Waals surface area (Å²) in [5, 5.41) is 6.20. The van der Waals surface area contributed by atoms with Gasteiger partial charge < -0.3 is 10.6 Å². The minimum atomic E-state index is -0.218. The van der Waals surface area contributed by atoms with Crippen molar-refractivity contribution in [3.8, 4) is 0 Å². The van der Waals surface area contributed by atoms with Crippen molar-refractivity contribution in [2.45, 2.75) is 40.7 Å². The Labute approximate surface area is 110 Å². The Bertz CT molecular complexity index is 413. The highest BCUT2D eigenvalue weighted by Crippen LogP contribution is 2.18. The van der Waals surface area contributed by atoms with E-state index in [1.54, 1.807) is 0 Å². The lowest BCUT2D eigenvalue weighted by Crippen LogP contribution is -2.39. The molecule has 0 saturated carbocycles.